The van der Waals surface area contributed by atoms with Crippen molar-refractivity contribution in [2.45, 2.75) is 6.54 Å². The summed E-state index contributed by atoms with van der Waals surface area (Å²) in [5, 5.41) is 2.42. The van der Waals surface area contributed by atoms with Crippen molar-refractivity contribution in [2.24, 2.45) is 0 Å². The van der Waals surface area contributed by atoms with Crippen LogP contribution in [0, 0.1) is 0 Å². The molecule has 4 heteroatoms. The highest BCUT2D eigenvalue weighted by molar-refractivity contribution is 5.69. The third kappa shape index (κ3) is 4.31. The minimum atomic E-state index is -0.442. The second kappa shape index (κ2) is 4.99. The van der Waals surface area contributed by atoms with Gasteiger partial charge in [-0.2, -0.15) is 0 Å². The molecule has 0 aliphatic heterocycles. The van der Waals surface area contributed by atoms with Crippen LogP contribution in [-0.4, -0.2) is 38.8 Å². The fraction of sp³-hybridized carbons (Fsp3) is 0.417. The molecule has 0 fully saturated rings. The quantitative estimate of drug-likeness (QED) is 0.791. The first-order chi connectivity index (χ1) is 7.40. The molecule has 1 aromatic carbocycles. The van der Waals surface area contributed by atoms with E-state index in [0.29, 0.717) is 5.75 Å². The summed E-state index contributed by atoms with van der Waals surface area (Å²) in [6, 6.07) is 7.58. The van der Waals surface area contributed by atoms with Crippen LogP contribution in [0.15, 0.2) is 24.3 Å². The van der Waals surface area contributed by atoms with E-state index in [1.165, 1.54) is 7.05 Å². The number of amides is 1. The monoisotopic (exact) mass is 223 g/mol. The van der Waals surface area contributed by atoms with Crippen LogP contribution < -0.4 is 10.1 Å². The van der Waals surface area contributed by atoms with Crippen molar-refractivity contribution in [3.63, 3.8) is 0 Å². The summed E-state index contributed by atoms with van der Waals surface area (Å²) in [4.78, 5) is 11.0. The Morgan fingerprint density at radius 2 is 2.06 bits per heavy atom. The van der Waals surface area contributed by atoms with Gasteiger partial charge in [-0.1, -0.05) is 12.1 Å². The molecule has 0 unspecified atom stereocenters. The molecular weight excluding hydrogens is 204 g/mol. The molecule has 0 aromatic heterocycles. The molecule has 0 radical (unpaired) electrons. The summed E-state index contributed by atoms with van der Waals surface area (Å²) in [5.74, 6) is 0.574. The van der Waals surface area contributed by atoms with Gasteiger partial charge in [-0.25, -0.2) is 4.79 Å². The van der Waals surface area contributed by atoms with Crippen molar-refractivity contribution in [3.05, 3.63) is 29.8 Å². The summed E-state index contributed by atoms with van der Waals surface area (Å²) >= 11 is 0. The lowest BCUT2D eigenvalue weighted by molar-refractivity contribution is -0.884. The maximum absolute atomic E-state index is 11.0. The first-order valence-electron chi connectivity index (χ1n) is 5.20. The number of hydrogen-bond acceptors (Lipinski definition) is 2. The standard InChI is InChI=1S/C12H18N2O2/c1-13-12(15)16-11-7-5-6-10(8-11)9-14(2,3)4/h5-8H,9H2,1-4H3/p+1. The summed E-state index contributed by atoms with van der Waals surface area (Å²) in [7, 11) is 7.89. The van der Waals surface area contributed by atoms with Crippen molar-refractivity contribution in [1.29, 1.82) is 0 Å². The second-order valence-electron chi connectivity index (χ2n) is 4.74. The Kier molecular flexibility index (Phi) is 3.90. The predicted octanol–water partition coefficient (Wildman–Crippen LogP) is 1.61. The van der Waals surface area contributed by atoms with Crippen molar-refractivity contribution in [1.82, 2.24) is 5.32 Å². The maximum Gasteiger partial charge on any atom is 0.412 e. The lowest BCUT2D eigenvalue weighted by atomic mass is 10.2. The Morgan fingerprint density at radius 3 is 2.62 bits per heavy atom. The maximum atomic E-state index is 11.0. The predicted molar refractivity (Wildman–Crippen MR) is 63.3 cm³/mol. The molecular formula is C12H19N2O2+. The summed E-state index contributed by atoms with van der Waals surface area (Å²) in [6.07, 6.45) is -0.442. The fourth-order valence-corrected chi connectivity index (χ4v) is 1.41. The van der Waals surface area contributed by atoms with Crippen LogP contribution in [0.2, 0.25) is 0 Å². The van der Waals surface area contributed by atoms with Crippen molar-refractivity contribution in [3.8, 4) is 5.75 Å². The molecule has 0 aliphatic carbocycles. The normalized spacial score (nSPS) is 11.0. The molecule has 16 heavy (non-hydrogen) atoms. The zero-order valence-electron chi connectivity index (χ0n) is 10.3. The van der Waals surface area contributed by atoms with E-state index in [9.17, 15) is 4.79 Å². The highest BCUT2D eigenvalue weighted by Gasteiger charge is 2.09. The van der Waals surface area contributed by atoms with Crippen LogP contribution in [0.25, 0.3) is 0 Å². The number of nitrogens with zero attached hydrogens (tertiary/aromatic N) is 1. The Labute approximate surface area is 96.4 Å². The van der Waals surface area contributed by atoms with Gasteiger partial charge in [-0.15, -0.1) is 0 Å². The molecule has 4 nitrogen and oxygen atoms in total. The smallest absolute Gasteiger partial charge is 0.410 e. The number of rotatable bonds is 3. The van der Waals surface area contributed by atoms with Gasteiger partial charge in [-0.3, -0.25) is 0 Å². The third-order valence-electron chi connectivity index (χ3n) is 1.97. The number of hydrogen-bond donors (Lipinski definition) is 1. The van der Waals surface area contributed by atoms with E-state index in [4.69, 9.17) is 4.74 Å². The Hall–Kier alpha value is -1.55. The van der Waals surface area contributed by atoms with Gasteiger partial charge >= 0.3 is 6.09 Å². The van der Waals surface area contributed by atoms with Gasteiger partial charge < -0.3 is 14.5 Å². The number of carbonyl (C=O) groups excluding carboxylic acids is 1. The number of ether oxygens (including phenoxy) is 1. The van der Waals surface area contributed by atoms with Gasteiger partial charge in [0.2, 0.25) is 0 Å². The summed E-state index contributed by atoms with van der Waals surface area (Å²) in [6.45, 7) is 0.894. The molecule has 1 amide bonds. The minimum Gasteiger partial charge on any atom is -0.410 e. The number of carbonyl (C=O) groups is 1. The van der Waals surface area contributed by atoms with Gasteiger partial charge in [0.25, 0.3) is 0 Å². The molecule has 1 N–H and O–H groups in total. The molecule has 0 atom stereocenters. The first-order valence-corrected chi connectivity index (χ1v) is 5.20. The molecule has 0 spiro atoms. The van der Waals surface area contributed by atoms with Crippen LogP contribution in [0.5, 0.6) is 5.75 Å². The van der Waals surface area contributed by atoms with Gasteiger partial charge in [0.05, 0.1) is 21.1 Å². The zero-order valence-corrected chi connectivity index (χ0v) is 10.3. The Balaban J connectivity index is 2.75. The summed E-state index contributed by atoms with van der Waals surface area (Å²) in [5.41, 5.74) is 1.15. The number of quaternary nitrogens is 1. The molecule has 0 saturated heterocycles. The van der Waals surface area contributed by atoms with Crippen LogP contribution in [0.1, 0.15) is 5.56 Å². The fourth-order valence-electron chi connectivity index (χ4n) is 1.41. The van der Waals surface area contributed by atoms with Crippen LogP contribution in [-0.2, 0) is 6.54 Å². The van der Waals surface area contributed by atoms with E-state index in [0.717, 1.165) is 16.6 Å². The molecule has 0 saturated carbocycles. The largest absolute Gasteiger partial charge is 0.412 e. The molecule has 1 rings (SSSR count). The number of nitrogens with one attached hydrogen (secondary N) is 1. The van der Waals surface area contributed by atoms with E-state index >= 15 is 0 Å². The molecule has 0 heterocycles. The molecule has 1 aromatic rings. The van der Waals surface area contributed by atoms with Crippen molar-refractivity contribution < 1.29 is 14.0 Å². The molecule has 0 bridgehead atoms. The Morgan fingerprint density at radius 1 is 1.38 bits per heavy atom. The average molecular weight is 223 g/mol. The Bertz CT molecular complexity index is 370. The van der Waals surface area contributed by atoms with Crippen molar-refractivity contribution >= 4 is 6.09 Å². The van der Waals surface area contributed by atoms with Gasteiger partial charge in [-0.05, 0) is 12.1 Å². The SMILES string of the molecule is CNC(=O)Oc1cccc(C[N+](C)(C)C)c1. The van der Waals surface area contributed by atoms with Gasteiger partial charge in [0, 0.05) is 12.6 Å². The van der Waals surface area contributed by atoms with E-state index < -0.39 is 6.09 Å². The van der Waals surface area contributed by atoms with E-state index in [2.05, 4.69) is 26.5 Å². The highest BCUT2D eigenvalue weighted by atomic mass is 16.5. The van der Waals surface area contributed by atoms with E-state index in [1.807, 2.05) is 18.2 Å². The zero-order chi connectivity index (χ0) is 12.2. The van der Waals surface area contributed by atoms with Crippen molar-refractivity contribution in [2.75, 3.05) is 28.2 Å². The number of benzene rings is 1. The third-order valence-corrected chi connectivity index (χ3v) is 1.97. The van der Waals surface area contributed by atoms with Gasteiger partial charge in [0.1, 0.15) is 12.3 Å². The lowest BCUT2D eigenvalue weighted by Gasteiger charge is -2.23. The second-order valence-corrected chi connectivity index (χ2v) is 4.74. The van der Waals surface area contributed by atoms with Crippen LogP contribution in [0.3, 0.4) is 0 Å². The minimum absolute atomic E-state index is 0.442. The van der Waals surface area contributed by atoms with E-state index in [1.54, 1.807) is 6.07 Å². The average Bonchev–Trinajstić information content (AvgIpc) is 2.15. The first kappa shape index (κ1) is 12.5. The van der Waals surface area contributed by atoms with E-state index in [-0.39, 0.29) is 0 Å². The summed E-state index contributed by atoms with van der Waals surface area (Å²) < 4.78 is 5.90. The highest BCUT2D eigenvalue weighted by Crippen LogP contribution is 2.15. The van der Waals surface area contributed by atoms with Crippen LogP contribution >= 0.6 is 0 Å². The van der Waals surface area contributed by atoms with Gasteiger partial charge in [0.15, 0.2) is 0 Å². The topological polar surface area (TPSA) is 38.3 Å². The molecule has 88 valence electrons. The van der Waals surface area contributed by atoms with Crippen LogP contribution in [0.4, 0.5) is 4.79 Å². The lowest BCUT2D eigenvalue weighted by Crippen LogP contribution is -2.33. The molecule has 0 aliphatic rings.